The number of H-pyrrole nitrogens is 1. The summed E-state index contributed by atoms with van der Waals surface area (Å²) in [7, 11) is 0. The second-order valence-electron chi connectivity index (χ2n) is 9.78. The van der Waals surface area contributed by atoms with Gasteiger partial charge in [0.1, 0.15) is 11.6 Å². The molecular weight excluding hydrogens is 508 g/mol. The van der Waals surface area contributed by atoms with Gasteiger partial charge < -0.3 is 30.8 Å². The number of nitrogens with zero attached hydrogens (tertiary/aromatic N) is 3. The summed E-state index contributed by atoms with van der Waals surface area (Å²) in [5.41, 5.74) is 13.7. The lowest BCUT2D eigenvalue weighted by molar-refractivity contribution is -0.122. The molecule has 200 valence electrons. The number of carbonyl (C=O) groups is 1. The maximum atomic E-state index is 14.8. The Hall–Kier alpha value is -4.58. The van der Waals surface area contributed by atoms with Gasteiger partial charge >= 0.3 is 0 Å². The zero-order chi connectivity index (χ0) is 27.4. The van der Waals surface area contributed by atoms with Crippen LogP contribution < -0.4 is 22.3 Å². The third-order valence-corrected chi connectivity index (χ3v) is 7.04. The van der Waals surface area contributed by atoms with E-state index in [1.807, 2.05) is 0 Å². The first-order chi connectivity index (χ1) is 18.7. The minimum absolute atomic E-state index is 0.0355. The summed E-state index contributed by atoms with van der Waals surface area (Å²) >= 11 is 0. The number of nitrogens with one attached hydrogen (secondary N) is 2. The summed E-state index contributed by atoms with van der Waals surface area (Å²) in [6.45, 7) is 1.69. The molecule has 1 aliphatic rings. The van der Waals surface area contributed by atoms with Crippen LogP contribution in [0.15, 0.2) is 46.0 Å². The van der Waals surface area contributed by atoms with Crippen LogP contribution in [0.1, 0.15) is 36.0 Å². The number of hydrogen-bond donors (Lipinski definition) is 4. The van der Waals surface area contributed by atoms with E-state index in [4.69, 9.17) is 15.9 Å². The Morgan fingerprint density at radius 3 is 2.77 bits per heavy atom. The van der Waals surface area contributed by atoms with E-state index < -0.39 is 23.6 Å². The molecule has 1 aliphatic carbocycles. The number of carbonyl (C=O) groups excluding carboxylic acids is 1. The fraction of sp³-hybridized carbons (Fsp3) is 0.259. The molecule has 0 radical (unpaired) electrons. The predicted octanol–water partition coefficient (Wildman–Crippen LogP) is 3.22. The molecular formula is C27H25F2N7O3. The minimum Gasteiger partial charge on any atom is -0.438 e. The van der Waals surface area contributed by atoms with Crippen molar-refractivity contribution in [1.82, 2.24) is 24.8 Å². The average molecular weight is 534 g/mol. The number of aromatic nitrogens is 4. The zero-order valence-corrected chi connectivity index (χ0v) is 20.9. The van der Waals surface area contributed by atoms with E-state index >= 15 is 0 Å². The maximum absolute atomic E-state index is 14.8. The topological polar surface area (TPSA) is 158 Å². The van der Waals surface area contributed by atoms with Crippen LogP contribution in [0.3, 0.4) is 0 Å². The van der Waals surface area contributed by atoms with Gasteiger partial charge in [-0.05, 0) is 43.0 Å². The van der Waals surface area contributed by atoms with E-state index in [0.29, 0.717) is 22.0 Å². The molecule has 0 bridgehead atoms. The van der Waals surface area contributed by atoms with Gasteiger partial charge in [0.05, 0.1) is 30.1 Å². The van der Waals surface area contributed by atoms with Gasteiger partial charge in [0.2, 0.25) is 11.8 Å². The number of fused-ring (bicyclic) bond motifs is 3. The first-order valence-electron chi connectivity index (χ1n) is 12.5. The van der Waals surface area contributed by atoms with Gasteiger partial charge in [-0.3, -0.25) is 9.59 Å². The van der Waals surface area contributed by atoms with Crippen molar-refractivity contribution in [3.8, 4) is 11.1 Å². The van der Waals surface area contributed by atoms with Crippen LogP contribution >= 0.6 is 0 Å². The van der Waals surface area contributed by atoms with Crippen molar-refractivity contribution >= 4 is 33.6 Å². The third kappa shape index (κ3) is 4.32. The number of halogens is 2. The SMILES string of the molecule is Cc1c(-c2cc(F)c(N)cc2F)ccc2c3oc(CNC(=O)[C@@H](N)Cc4cnc[nH]4)nc3c(=O)n(C3CC3)c12. The van der Waals surface area contributed by atoms with Crippen LogP contribution in [0.4, 0.5) is 14.5 Å². The lowest BCUT2D eigenvalue weighted by atomic mass is 9.96. The van der Waals surface area contributed by atoms with E-state index in [9.17, 15) is 18.4 Å². The first-order valence-corrected chi connectivity index (χ1v) is 12.5. The number of oxazole rings is 1. The number of aromatic amines is 1. The molecule has 3 heterocycles. The van der Waals surface area contributed by atoms with Crippen molar-refractivity contribution in [3.05, 3.63) is 75.9 Å². The highest BCUT2D eigenvalue weighted by Crippen LogP contribution is 2.41. The molecule has 10 nitrogen and oxygen atoms in total. The molecule has 6 rings (SSSR count). The van der Waals surface area contributed by atoms with Gasteiger partial charge in [0.25, 0.3) is 5.56 Å². The Morgan fingerprint density at radius 2 is 2.05 bits per heavy atom. The summed E-state index contributed by atoms with van der Waals surface area (Å²) in [6.07, 6.45) is 4.99. The number of nitrogen functional groups attached to an aromatic ring is 1. The molecule has 39 heavy (non-hydrogen) atoms. The molecule has 3 aromatic heterocycles. The van der Waals surface area contributed by atoms with Crippen LogP contribution in [0.2, 0.25) is 0 Å². The van der Waals surface area contributed by atoms with Gasteiger partial charge in [-0.15, -0.1) is 0 Å². The van der Waals surface area contributed by atoms with Crippen LogP contribution in [-0.4, -0.2) is 31.5 Å². The van der Waals surface area contributed by atoms with Gasteiger partial charge in [-0.2, -0.15) is 0 Å². The Morgan fingerprint density at radius 1 is 1.26 bits per heavy atom. The Labute approximate surface area is 220 Å². The molecule has 1 amide bonds. The zero-order valence-electron chi connectivity index (χ0n) is 20.9. The van der Waals surface area contributed by atoms with E-state index in [1.54, 1.807) is 29.8 Å². The van der Waals surface area contributed by atoms with Crippen molar-refractivity contribution in [1.29, 1.82) is 0 Å². The van der Waals surface area contributed by atoms with Crippen molar-refractivity contribution in [3.63, 3.8) is 0 Å². The second kappa shape index (κ2) is 9.31. The van der Waals surface area contributed by atoms with E-state index in [0.717, 1.165) is 30.7 Å². The minimum atomic E-state index is -0.817. The quantitative estimate of drug-likeness (QED) is 0.234. The maximum Gasteiger partial charge on any atom is 0.281 e. The summed E-state index contributed by atoms with van der Waals surface area (Å²) in [6, 6.07) is 4.52. The molecule has 0 aliphatic heterocycles. The highest BCUT2D eigenvalue weighted by molar-refractivity contribution is 6.04. The number of anilines is 1. The van der Waals surface area contributed by atoms with Crippen LogP contribution in [0, 0.1) is 18.6 Å². The van der Waals surface area contributed by atoms with Crippen molar-refractivity contribution in [2.45, 2.75) is 44.8 Å². The molecule has 0 unspecified atom stereocenters. The number of pyridine rings is 1. The molecule has 0 spiro atoms. The highest BCUT2D eigenvalue weighted by Gasteiger charge is 2.30. The number of hydrogen-bond acceptors (Lipinski definition) is 7. The molecule has 1 fully saturated rings. The predicted molar refractivity (Wildman–Crippen MR) is 141 cm³/mol. The molecule has 12 heteroatoms. The van der Waals surface area contributed by atoms with Crippen LogP contribution in [0.5, 0.6) is 0 Å². The van der Waals surface area contributed by atoms with E-state index in [2.05, 4.69) is 20.3 Å². The van der Waals surface area contributed by atoms with E-state index in [1.165, 1.54) is 6.33 Å². The molecule has 2 aromatic carbocycles. The number of rotatable bonds is 7. The van der Waals surface area contributed by atoms with Gasteiger partial charge in [-0.1, -0.05) is 6.07 Å². The fourth-order valence-corrected chi connectivity index (χ4v) is 4.94. The Bertz CT molecular complexity index is 1810. The number of imidazole rings is 1. The number of benzene rings is 2. The Balaban J connectivity index is 1.40. The van der Waals surface area contributed by atoms with Gasteiger partial charge in [0, 0.05) is 41.4 Å². The molecule has 5 aromatic rings. The van der Waals surface area contributed by atoms with Crippen LogP contribution in [0.25, 0.3) is 33.1 Å². The summed E-state index contributed by atoms with van der Waals surface area (Å²) in [5.74, 6) is -1.66. The monoisotopic (exact) mass is 533 g/mol. The largest absolute Gasteiger partial charge is 0.438 e. The number of nitrogens with two attached hydrogens (primary N) is 2. The van der Waals surface area contributed by atoms with Crippen molar-refractivity contribution in [2.75, 3.05) is 5.73 Å². The Kier molecular flexibility index (Phi) is 5.91. The van der Waals surface area contributed by atoms with Gasteiger partial charge in [-0.25, -0.2) is 18.7 Å². The molecule has 6 N–H and O–H groups in total. The van der Waals surface area contributed by atoms with Crippen molar-refractivity contribution in [2.24, 2.45) is 5.73 Å². The standard InChI is InChI=1S/C27H25F2N7O3/c1-12-15(17-7-19(29)20(30)8-18(17)28)4-5-16-24(12)36(14-2-3-14)27(38)23-25(16)39-22(35-23)10-33-26(37)21(31)6-13-9-32-11-34-13/h4-5,7-9,11,14,21H,2-3,6,10,30-31H2,1H3,(H,32,34)(H,33,37)/t21-/m0/s1. The molecule has 1 saturated carbocycles. The fourth-order valence-electron chi connectivity index (χ4n) is 4.94. The lowest BCUT2D eigenvalue weighted by Gasteiger charge is -2.16. The number of amides is 1. The normalized spacial score (nSPS) is 14.3. The van der Waals surface area contributed by atoms with E-state index in [-0.39, 0.29) is 52.8 Å². The van der Waals surface area contributed by atoms with Gasteiger partial charge in [0.15, 0.2) is 11.1 Å². The third-order valence-electron chi connectivity index (χ3n) is 7.04. The summed E-state index contributed by atoms with van der Waals surface area (Å²) in [5, 5.41) is 3.30. The molecule has 1 atom stereocenters. The van der Waals surface area contributed by atoms with Crippen LogP contribution in [-0.2, 0) is 17.8 Å². The van der Waals surface area contributed by atoms with Crippen molar-refractivity contribution < 1.29 is 18.0 Å². The second-order valence-corrected chi connectivity index (χ2v) is 9.78. The first kappa shape index (κ1) is 24.7. The number of aryl methyl sites for hydroxylation is 1. The molecule has 0 saturated heterocycles. The smallest absolute Gasteiger partial charge is 0.281 e. The summed E-state index contributed by atoms with van der Waals surface area (Å²) < 4.78 is 36.7. The average Bonchev–Trinajstić information content (AvgIpc) is 3.42. The highest BCUT2D eigenvalue weighted by atomic mass is 19.1. The summed E-state index contributed by atoms with van der Waals surface area (Å²) in [4.78, 5) is 37.3. The lowest BCUT2D eigenvalue weighted by Crippen LogP contribution is -2.41.